The highest BCUT2D eigenvalue weighted by atomic mass is 35.5. The second-order valence-corrected chi connectivity index (χ2v) is 5.42. The normalized spacial score (nSPS) is 14.2. The lowest BCUT2D eigenvalue weighted by Crippen LogP contribution is -2.24. The fraction of sp³-hybridized carbons (Fsp3) is 0.250. The molecular formula is C16H16ClFO. The van der Waals surface area contributed by atoms with Crippen LogP contribution in [0.2, 0.25) is 5.02 Å². The SMILES string of the molecule is Cc1ccc(C)c(C(C)(O)c2cc(F)ccc2Cl)c1. The van der Waals surface area contributed by atoms with E-state index in [1.54, 1.807) is 6.92 Å². The Kier molecular flexibility index (Phi) is 3.66. The smallest absolute Gasteiger partial charge is 0.123 e. The number of aliphatic hydroxyl groups is 1. The second kappa shape index (κ2) is 4.95. The molecule has 0 saturated carbocycles. The standard InChI is InChI=1S/C16H16ClFO/c1-10-4-5-11(2)13(8-10)16(3,19)14-9-12(18)6-7-15(14)17/h4-9,19H,1-3H3. The molecule has 1 nitrogen and oxygen atoms in total. The van der Waals surface area contributed by atoms with Crippen LogP contribution in [-0.4, -0.2) is 5.11 Å². The van der Waals surface area contributed by atoms with Crippen LogP contribution >= 0.6 is 11.6 Å². The maximum absolute atomic E-state index is 13.4. The quantitative estimate of drug-likeness (QED) is 0.866. The molecule has 0 bridgehead atoms. The molecule has 3 heteroatoms. The monoisotopic (exact) mass is 278 g/mol. The molecule has 0 fully saturated rings. The van der Waals surface area contributed by atoms with Gasteiger partial charge in [-0.1, -0.05) is 35.4 Å². The number of hydrogen-bond donors (Lipinski definition) is 1. The fourth-order valence-corrected chi connectivity index (χ4v) is 2.58. The summed E-state index contributed by atoms with van der Waals surface area (Å²) >= 11 is 6.10. The number of hydrogen-bond acceptors (Lipinski definition) is 1. The summed E-state index contributed by atoms with van der Waals surface area (Å²) in [6.07, 6.45) is 0. The minimum absolute atomic E-state index is 0.354. The third kappa shape index (κ3) is 2.65. The lowest BCUT2D eigenvalue weighted by atomic mass is 9.84. The van der Waals surface area contributed by atoms with Crippen LogP contribution in [0.1, 0.15) is 29.2 Å². The Morgan fingerprint density at radius 1 is 1.05 bits per heavy atom. The Labute approximate surface area is 117 Å². The Hall–Kier alpha value is -1.38. The number of rotatable bonds is 2. The first-order valence-corrected chi connectivity index (χ1v) is 6.46. The average Bonchev–Trinajstić information content (AvgIpc) is 2.35. The van der Waals surface area contributed by atoms with E-state index in [1.165, 1.54) is 18.2 Å². The van der Waals surface area contributed by atoms with Crippen molar-refractivity contribution in [3.8, 4) is 0 Å². The van der Waals surface area contributed by atoms with Crippen molar-refractivity contribution >= 4 is 11.6 Å². The molecule has 1 unspecified atom stereocenters. The molecule has 0 heterocycles. The van der Waals surface area contributed by atoms with Gasteiger partial charge in [-0.3, -0.25) is 0 Å². The van der Waals surface area contributed by atoms with Crippen molar-refractivity contribution in [2.24, 2.45) is 0 Å². The van der Waals surface area contributed by atoms with Crippen LogP contribution in [0.25, 0.3) is 0 Å². The van der Waals surface area contributed by atoms with E-state index >= 15 is 0 Å². The molecule has 0 spiro atoms. The Morgan fingerprint density at radius 2 is 1.74 bits per heavy atom. The molecule has 1 atom stereocenters. The summed E-state index contributed by atoms with van der Waals surface area (Å²) in [5.74, 6) is -0.412. The fourth-order valence-electron chi connectivity index (χ4n) is 2.28. The molecule has 0 amide bonds. The molecular weight excluding hydrogens is 263 g/mol. The van der Waals surface area contributed by atoms with Crippen LogP contribution in [0.15, 0.2) is 36.4 Å². The van der Waals surface area contributed by atoms with Gasteiger partial charge in [-0.25, -0.2) is 4.39 Å². The number of aryl methyl sites for hydroxylation is 2. The van der Waals surface area contributed by atoms with Crippen LogP contribution in [0, 0.1) is 19.7 Å². The van der Waals surface area contributed by atoms with Gasteiger partial charge >= 0.3 is 0 Å². The van der Waals surface area contributed by atoms with Gasteiger partial charge in [0.2, 0.25) is 0 Å². The predicted molar refractivity (Wildman–Crippen MR) is 76.0 cm³/mol. The molecule has 100 valence electrons. The lowest BCUT2D eigenvalue weighted by Gasteiger charge is -2.27. The molecule has 0 aliphatic carbocycles. The van der Waals surface area contributed by atoms with Crippen molar-refractivity contribution in [2.45, 2.75) is 26.4 Å². The van der Waals surface area contributed by atoms with Crippen molar-refractivity contribution < 1.29 is 9.50 Å². The number of benzene rings is 2. The molecule has 2 rings (SSSR count). The summed E-state index contributed by atoms with van der Waals surface area (Å²) in [5.41, 5.74) is 1.77. The minimum Gasteiger partial charge on any atom is -0.381 e. The highest BCUT2D eigenvalue weighted by molar-refractivity contribution is 6.31. The Balaban J connectivity index is 2.64. The van der Waals surface area contributed by atoms with Gasteiger partial charge in [-0.15, -0.1) is 0 Å². The third-order valence-corrected chi connectivity index (χ3v) is 3.70. The van der Waals surface area contributed by atoms with Crippen molar-refractivity contribution in [3.63, 3.8) is 0 Å². The lowest BCUT2D eigenvalue weighted by molar-refractivity contribution is 0.101. The zero-order valence-corrected chi connectivity index (χ0v) is 11.9. The molecule has 0 aromatic heterocycles. The van der Waals surface area contributed by atoms with Crippen LogP contribution in [0.5, 0.6) is 0 Å². The minimum atomic E-state index is -1.32. The first kappa shape index (κ1) is 14.0. The van der Waals surface area contributed by atoms with E-state index in [-0.39, 0.29) is 0 Å². The summed E-state index contributed by atoms with van der Waals surface area (Å²) in [4.78, 5) is 0. The van der Waals surface area contributed by atoms with Crippen molar-refractivity contribution in [1.82, 2.24) is 0 Å². The second-order valence-electron chi connectivity index (χ2n) is 5.01. The molecule has 2 aromatic carbocycles. The van der Waals surface area contributed by atoms with Crippen molar-refractivity contribution in [1.29, 1.82) is 0 Å². The number of halogens is 2. The molecule has 0 saturated heterocycles. The van der Waals surface area contributed by atoms with Gasteiger partial charge in [-0.2, -0.15) is 0 Å². The van der Waals surface area contributed by atoms with E-state index in [0.717, 1.165) is 16.7 Å². The van der Waals surface area contributed by atoms with E-state index < -0.39 is 11.4 Å². The summed E-state index contributed by atoms with van der Waals surface area (Å²) in [5, 5.41) is 11.2. The first-order valence-electron chi connectivity index (χ1n) is 6.08. The van der Waals surface area contributed by atoms with Gasteiger partial charge < -0.3 is 5.11 Å². The Bertz CT molecular complexity index is 567. The first-order chi connectivity index (χ1) is 8.82. The van der Waals surface area contributed by atoms with Crippen LogP contribution < -0.4 is 0 Å². The average molecular weight is 279 g/mol. The summed E-state index contributed by atoms with van der Waals surface area (Å²) in [7, 11) is 0. The molecule has 19 heavy (non-hydrogen) atoms. The Morgan fingerprint density at radius 3 is 2.42 bits per heavy atom. The molecule has 0 radical (unpaired) electrons. The molecule has 0 aliphatic heterocycles. The van der Waals surface area contributed by atoms with Gasteiger partial charge in [0.15, 0.2) is 0 Å². The highest BCUT2D eigenvalue weighted by Gasteiger charge is 2.30. The van der Waals surface area contributed by atoms with Gasteiger partial charge in [0, 0.05) is 10.6 Å². The zero-order valence-electron chi connectivity index (χ0n) is 11.2. The summed E-state index contributed by atoms with van der Waals surface area (Å²) < 4.78 is 13.4. The molecule has 0 aliphatic rings. The van der Waals surface area contributed by atoms with E-state index in [9.17, 15) is 9.50 Å². The van der Waals surface area contributed by atoms with Crippen molar-refractivity contribution in [2.75, 3.05) is 0 Å². The highest BCUT2D eigenvalue weighted by Crippen LogP contribution is 2.36. The maximum atomic E-state index is 13.4. The van der Waals surface area contributed by atoms with E-state index in [0.29, 0.717) is 10.6 Å². The molecule has 1 N–H and O–H groups in total. The van der Waals surface area contributed by atoms with Gasteiger partial charge in [0.05, 0.1) is 0 Å². The predicted octanol–water partition coefficient (Wildman–Crippen LogP) is 4.35. The van der Waals surface area contributed by atoms with Crippen LogP contribution in [-0.2, 0) is 5.60 Å². The zero-order chi connectivity index (χ0) is 14.2. The van der Waals surface area contributed by atoms with E-state index in [4.69, 9.17) is 11.6 Å². The summed E-state index contributed by atoms with van der Waals surface area (Å²) in [6.45, 7) is 5.50. The molecule has 2 aromatic rings. The third-order valence-electron chi connectivity index (χ3n) is 3.37. The van der Waals surface area contributed by atoms with E-state index in [1.807, 2.05) is 32.0 Å². The van der Waals surface area contributed by atoms with Crippen molar-refractivity contribution in [3.05, 3.63) is 69.5 Å². The topological polar surface area (TPSA) is 20.2 Å². The van der Waals surface area contributed by atoms with Crippen LogP contribution in [0.4, 0.5) is 4.39 Å². The van der Waals surface area contributed by atoms with E-state index in [2.05, 4.69) is 0 Å². The van der Waals surface area contributed by atoms with Crippen LogP contribution in [0.3, 0.4) is 0 Å². The maximum Gasteiger partial charge on any atom is 0.123 e. The van der Waals surface area contributed by atoms with Gasteiger partial charge in [-0.05, 0) is 50.1 Å². The van der Waals surface area contributed by atoms with Gasteiger partial charge in [0.25, 0.3) is 0 Å². The largest absolute Gasteiger partial charge is 0.381 e. The van der Waals surface area contributed by atoms with Gasteiger partial charge in [0.1, 0.15) is 11.4 Å². The summed E-state index contributed by atoms with van der Waals surface area (Å²) in [6, 6.07) is 9.84.